The number of halogens is 3. The van der Waals surface area contributed by atoms with E-state index in [0.717, 1.165) is 21.3 Å². The number of carbonyl (C=O) groups excluding carboxylic acids is 4. The number of methoxy groups -OCH3 is 3. The molecule has 0 bridgehead atoms. The first-order valence-corrected chi connectivity index (χ1v) is 7.77. The maximum atomic E-state index is 13.8. The van der Waals surface area contributed by atoms with Crippen LogP contribution in [0.5, 0.6) is 0 Å². The molecule has 1 aromatic rings. The fraction of sp³-hybridized carbons (Fsp3) is 0.412. The second-order valence-corrected chi connectivity index (χ2v) is 5.60. The van der Waals surface area contributed by atoms with Gasteiger partial charge in [0.15, 0.2) is 5.92 Å². The van der Waals surface area contributed by atoms with Crippen LogP contribution in [0.4, 0.5) is 13.2 Å². The average Bonchev–Trinajstić information content (AvgIpc) is 2.64. The van der Waals surface area contributed by atoms with Crippen molar-refractivity contribution in [1.29, 1.82) is 0 Å². The smallest absolute Gasteiger partial charge is 0.328 e. The van der Waals surface area contributed by atoms with E-state index in [1.54, 1.807) is 0 Å². The molecule has 0 heterocycles. The van der Waals surface area contributed by atoms with Crippen LogP contribution in [0.2, 0.25) is 0 Å². The summed E-state index contributed by atoms with van der Waals surface area (Å²) < 4.78 is 54.2. The first kappa shape index (κ1) is 22.9. The molecule has 11 heteroatoms. The summed E-state index contributed by atoms with van der Waals surface area (Å²) in [5.74, 6) is -11.9. The third-order valence-electron chi connectivity index (χ3n) is 3.94. The lowest BCUT2D eigenvalue weighted by Crippen LogP contribution is -2.51. The molecular weight excluding hydrogens is 387 g/mol. The standard InChI is InChI=1S/C17H18F3NO7/c1-7(11(15(23)26-2)16(24)27-3)13(17(25)28-4)21-14(22)12-9(19)5-8(18)6-10(12)20/h5-7,11,13H,1-4H3,(H,21,22)/t7-,13-/m0/s1. The molecule has 0 unspecified atom stereocenters. The molecular formula is C17H18F3NO7. The predicted molar refractivity (Wildman–Crippen MR) is 86.3 cm³/mol. The van der Waals surface area contributed by atoms with Crippen LogP contribution in [-0.4, -0.2) is 51.2 Å². The van der Waals surface area contributed by atoms with Gasteiger partial charge in [-0.15, -0.1) is 0 Å². The van der Waals surface area contributed by atoms with Crippen LogP contribution < -0.4 is 5.32 Å². The van der Waals surface area contributed by atoms with Crippen molar-refractivity contribution >= 4 is 23.8 Å². The summed E-state index contributed by atoms with van der Waals surface area (Å²) in [7, 11) is 2.93. The summed E-state index contributed by atoms with van der Waals surface area (Å²) in [6, 6.07) is -1.13. The zero-order valence-electron chi connectivity index (χ0n) is 15.4. The number of nitrogens with one attached hydrogen (secondary N) is 1. The van der Waals surface area contributed by atoms with Crippen LogP contribution in [0, 0.1) is 29.3 Å². The maximum Gasteiger partial charge on any atom is 0.328 e. The van der Waals surface area contributed by atoms with E-state index in [2.05, 4.69) is 14.2 Å². The van der Waals surface area contributed by atoms with Gasteiger partial charge in [-0.1, -0.05) is 6.92 Å². The van der Waals surface area contributed by atoms with Gasteiger partial charge < -0.3 is 19.5 Å². The molecule has 2 atom stereocenters. The molecule has 0 fully saturated rings. The van der Waals surface area contributed by atoms with Crippen LogP contribution >= 0.6 is 0 Å². The Bertz CT molecular complexity index is 745. The van der Waals surface area contributed by atoms with E-state index in [0.29, 0.717) is 0 Å². The highest BCUT2D eigenvalue weighted by Gasteiger charge is 2.42. The van der Waals surface area contributed by atoms with Gasteiger partial charge in [-0.05, 0) is 0 Å². The number of hydrogen-bond acceptors (Lipinski definition) is 7. The summed E-state index contributed by atoms with van der Waals surface area (Å²) in [5.41, 5.74) is -1.16. The number of benzene rings is 1. The molecule has 0 spiro atoms. The molecule has 1 aromatic carbocycles. The Morgan fingerprint density at radius 3 is 1.68 bits per heavy atom. The topological polar surface area (TPSA) is 108 Å². The molecule has 0 aromatic heterocycles. The number of esters is 3. The zero-order valence-corrected chi connectivity index (χ0v) is 15.4. The molecule has 8 nitrogen and oxygen atoms in total. The number of hydrogen-bond donors (Lipinski definition) is 1. The van der Waals surface area contributed by atoms with Crippen LogP contribution in [0.25, 0.3) is 0 Å². The minimum atomic E-state index is -1.69. The van der Waals surface area contributed by atoms with Gasteiger partial charge in [0.2, 0.25) is 0 Å². The minimum absolute atomic E-state index is 0.278. The lowest BCUT2D eigenvalue weighted by molar-refractivity contribution is -0.163. The van der Waals surface area contributed by atoms with Gasteiger partial charge in [-0.2, -0.15) is 0 Å². The summed E-state index contributed by atoms with van der Waals surface area (Å²) in [6.07, 6.45) is 0. The van der Waals surface area contributed by atoms with Crippen LogP contribution in [0.3, 0.4) is 0 Å². The van der Waals surface area contributed by atoms with Crippen molar-refractivity contribution in [2.75, 3.05) is 21.3 Å². The van der Waals surface area contributed by atoms with E-state index >= 15 is 0 Å². The largest absolute Gasteiger partial charge is 0.468 e. The van der Waals surface area contributed by atoms with Crippen molar-refractivity contribution in [1.82, 2.24) is 5.32 Å². The van der Waals surface area contributed by atoms with Crippen molar-refractivity contribution in [2.45, 2.75) is 13.0 Å². The van der Waals surface area contributed by atoms with Crippen molar-refractivity contribution in [3.63, 3.8) is 0 Å². The molecule has 0 aliphatic carbocycles. The minimum Gasteiger partial charge on any atom is -0.468 e. The maximum absolute atomic E-state index is 13.8. The average molecular weight is 405 g/mol. The predicted octanol–water partition coefficient (Wildman–Crippen LogP) is 0.974. The molecule has 0 saturated carbocycles. The lowest BCUT2D eigenvalue weighted by Gasteiger charge is -2.27. The van der Waals surface area contributed by atoms with Crippen LogP contribution in [0.1, 0.15) is 17.3 Å². The number of rotatable bonds is 7. The summed E-state index contributed by atoms with van der Waals surface area (Å²) in [5, 5.41) is 1.99. The van der Waals surface area contributed by atoms with Crippen molar-refractivity contribution in [3.8, 4) is 0 Å². The van der Waals surface area contributed by atoms with Crippen LogP contribution in [-0.2, 0) is 28.6 Å². The Morgan fingerprint density at radius 1 is 0.857 bits per heavy atom. The third-order valence-corrected chi connectivity index (χ3v) is 3.94. The molecule has 0 aliphatic heterocycles. The molecule has 154 valence electrons. The molecule has 28 heavy (non-hydrogen) atoms. The van der Waals surface area contributed by atoms with Crippen molar-refractivity contribution in [3.05, 3.63) is 35.1 Å². The normalized spacial score (nSPS) is 12.7. The van der Waals surface area contributed by atoms with Crippen molar-refractivity contribution in [2.24, 2.45) is 11.8 Å². The highest BCUT2D eigenvalue weighted by Crippen LogP contribution is 2.22. The van der Waals surface area contributed by atoms with Gasteiger partial charge in [0.25, 0.3) is 5.91 Å². The van der Waals surface area contributed by atoms with Crippen molar-refractivity contribution < 1.29 is 46.6 Å². The van der Waals surface area contributed by atoms with Gasteiger partial charge in [-0.3, -0.25) is 14.4 Å². The highest BCUT2D eigenvalue weighted by molar-refractivity contribution is 5.99. The summed E-state index contributed by atoms with van der Waals surface area (Å²) >= 11 is 0. The molecule has 0 aliphatic rings. The van der Waals surface area contributed by atoms with E-state index in [9.17, 15) is 32.3 Å². The Balaban J connectivity index is 3.28. The first-order valence-electron chi connectivity index (χ1n) is 7.77. The van der Waals surface area contributed by atoms with Gasteiger partial charge in [0.05, 0.1) is 21.3 Å². The number of carbonyl (C=O) groups is 4. The summed E-state index contributed by atoms with van der Waals surface area (Å²) in [4.78, 5) is 48.2. The van der Waals surface area contributed by atoms with E-state index in [1.165, 1.54) is 6.92 Å². The van der Waals surface area contributed by atoms with Gasteiger partial charge >= 0.3 is 17.9 Å². The fourth-order valence-electron chi connectivity index (χ4n) is 2.48. The Hall–Kier alpha value is -3.11. The van der Waals surface area contributed by atoms with Crippen LogP contribution in [0.15, 0.2) is 12.1 Å². The van der Waals surface area contributed by atoms with Gasteiger partial charge in [0.1, 0.15) is 29.1 Å². The molecule has 1 amide bonds. The van der Waals surface area contributed by atoms with E-state index in [4.69, 9.17) is 0 Å². The monoisotopic (exact) mass is 405 g/mol. The Morgan fingerprint density at radius 2 is 1.29 bits per heavy atom. The van der Waals surface area contributed by atoms with E-state index in [-0.39, 0.29) is 12.1 Å². The Labute approximate surface area is 157 Å². The second-order valence-electron chi connectivity index (χ2n) is 5.60. The fourth-order valence-corrected chi connectivity index (χ4v) is 2.48. The van der Waals surface area contributed by atoms with E-state index in [1.807, 2.05) is 5.32 Å². The first-order chi connectivity index (χ1) is 13.1. The molecule has 1 N–H and O–H groups in total. The molecule has 0 radical (unpaired) electrons. The SMILES string of the molecule is COC(=O)C(C(=O)OC)[C@H](C)[C@H](NC(=O)c1c(F)cc(F)cc1F)C(=O)OC. The van der Waals surface area contributed by atoms with E-state index < -0.39 is 64.7 Å². The number of ether oxygens (including phenoxy) is 3. The quantitative estimate of drug-likeness (QED) is 0.409. The molecule has 0 saturated heterocycles. The lowest BCUT2D eigenvalue weighted by atomic mass is 9.87. The zero-order chi connectivity index (χ0) is 21.6. The summed E-state index contributed by atoms with van der Waals surface area (Å²) in [6.45, 7) is 1.22. The molecule has 1 rings (SSSR count). The highest BCUT2D eigenvalue weighted by atomic mass is 19.1. The Kier molecular flexibility index (Phi) is 7.96. The third kappa shape index (κ3) is 4.99. The van der Waals surface area contributed by atoms with Gasteiger partial charge in [-0.25, -0.2) is 18.0 Å². The van der Waals surface area contributed by atoms with Gasteiger partial charge in [0, 0.05) is 18.1 Å². The second kappa shape index (κ2) is 9.72. The number of amides is 1.